The highest BCUT2D eigenvalue weighted by atomic mass is 79.9. The zero-order valence-electron chi connectivity index (χ0n) is 9.01. The van der Waals surface area contributed by atoms with Crippen molar-refractivity contribution in [2.45, 2.75) is 6.92 Å². The van der Waals surface area contributed by atoms with Gasteiger partial charge in [0.2, 0.25) is 5.69 Å². The molecule has 84 valence electrons. The highest BCUT2D eigenvalue weighted by Crippen LogP contribution is 2.30. The average molecular weight is 290 g/mol. The highest BCUT2D eigenvalue weighted by Gasteiger charge is 2.09. The maximum atomic E-state index is 8.87. The number of benzene rings is 1. The molecule has 0 spiro atoms. The van der Waals surface area contributed by atoms with E-state index in [1.54, 1.807) is 0 Å². The molecular weight excluding hydrogens is 282 g/mol. The summed E-state index contributed by atoms with van der Waals surface area (Å²) in [6, 6.07) is 7.59. The van der Waals surface area contributed by atoms with Crippen molar-refractivity contribution in [3.63, 3.8) is 0 Å². The van der Waals surface area contributed by atoms with Crippen LogP contribution in [-0.2, 0) is 0 Å². The molecule has 0 saturated carbocycles. The van der Waals surface area contributed by atoms with Crippen LogP contribution in [0.5, 0.6) is 11.6 Å². The van der Waals surface area contributed by atoms with Crippen molar-refractivity contribution < 1.29 is 4.74 Å². The summed E-state index contributed by atoms with van der Waals surface area (Å²) < 4.78 is 6.36. The molecule has 17 heavy (non-hydrogen) atoms. The Balaban J connectivity index is 2.35. The molecule has 0 radical (unpaired) electrons. The third kappa shape index (κ3) is 2.60. The van der Waals surface area contributed by atoms with Crippen molar-refractivity contribution in [3.8, 4) is 17.7 Å². The SMILES string of the molecule is Cc1ccc(Oc2nccnc2C#N)c(Br)c1. The number of halogens is 1. The molecule has 0 N–H and O–H groups in total. The minimum atomic E-state index is 0.167. The lowest BCUT2D eigenvalue weighted by molar-refractivity contribution is 0.455. The van der Waals surface area contributed by atoms with Crippen LogP contribution >= 0.6 is 15.9 Å². The van der Waals surface area contributed by atoms with E-state index in [1.165, 1.54) is 12.4 Å². The summed E-state index contributed by atoms with van der Waals surface area (Å²) in [5.41, 5.74) is 1.28. The highest BCUT2D eigenvalue weighted by molar-refractivity contribution is 9.10. The second-order valence-electron chi connectivity index (χ2n) is 3.36. The van der Waals surface area contributed by atoms with Crippen molar-refractivity contribution in [1.82, 2.24) is 9.97 Å². The van der Waals surface area contributed by atoms with Crippen molar-refractivity contribution >= 4 is 15.9 Å². The molecule has 0 bridgehead atoms. The van der Waals surface area contributed by atoms with Gasteiger partial charge in [-0.1, -0.05) is 6.07 Å². The van der Waals surface area contributed by atoms with E-state index in [0.717, 1.165) is 10.0 Å². The molecule has 0 aliphatic heterocycles. The summed E-state index contributed by atoms with van der Waals surface area (Å²) in [6.07, 6.45) is 2.94. The molecule has 0 atom stereocenters. The van der Waals surface area contributed by atoms with E-state index in [2.05, 4.69) is 25.9 Å². The zero-order chi connectivity index (χ0) is 12.3. The molecule has 0 unspecified atom stereocenters. The van der Waals surface area contributed by atoms with E-state index in [1.807, 2.05) is 31.2 Å². The molecule has 5 heteroatoms. The number of aryl methyl sites for hydroxylation is 1. The molecular formula is C12H8BrN3O. The van der Waals surface area contributed by atoms with Crippen LogP contribution in [0, 0.1) is 18.3 Å². The van der Waals surface area contributed by atoms with Gasteiger partial charge in [0.05, 0.1) is 4.47 Å². The fourth-order valence-corrected chi connectivity index (χ4v) is 1.84. The Morgan fingerprint density at radius 3 is 2.76 bits per heavy atom. The molecule has 0 amide bonds. The minimum Gasteiger partial charge on any atom is -0.435 e. The third-order valence-electron chi connectivity index (χ3n) is 2.06. The molecule has 0 aliphatic carbocycles. The van der Waals surface area contributed by atoms with Gasteiger partial charge in [0.25, 0.3) is 5.88 Å². The quantitative estimate of drug-likeness (QED) is 0.852. The van der Waals surface area contributed by atoms with Crippen LogP contribution in [0.1, 0.15) is 11.3 Å². The van der Waals surface area contributed by atoms with Gasteiger partial charge < -0.3 is 4.74 Å². The number of ether oxygens (including phenoxy) is 1. The fourth-order valence-electron chi connectivity index (χ4n) is 1.27. The van der Waals surface area contributed by atoms with Gasteiger partial charge in [-0.25, -0.2) is 9.97 Å². The Morgan fingerprint density at radius 2 is 2.06 bits per heavy atom. The maximum Gasteiger partial charge on any atom is 0.256 e. The maximum absolute atomic E-state index is 8.87. The van der Waals surface area contributed by atoms with Crippen molar-refractivity contribution in [1.29, 1.82) is 5.26 Å². The number of aromatic nitrogens is 2. The van der Waals surface area contributed by atoms with Crippen LogP contribution in [0.4, 0.5) is 0 Å². The summed E-state index contributed by atoms with van der Waals surface area (Å²) >= 11 is 3.39. The predicted molar refractivity (Wildman–Crippen MR) is 65.7 cm³/mol. The van der Waals surface area contributed by atoms with Gasteiger partial charge in [0.15, 0.2) is 0 Å². The van der Waals surface area contributed by atoms with Gasteiger partial charge in [-0.15, -0.1) is 0 Å². The summed E-state index contributed by atoms with van der Waals surface area (Å²) in [5.74, 6) is 0.812. The topological polar surface area (TPSA) is 58.8 Å². The Kier molecular flexibility index (Phi) is 3.35. The number of nitriles is 1. The molecule has 2 rings (SSSR count). The van der Waals surface area contributed by atoms with Gasteiger partial charge in [-0.3, -0.25) is 0 Å². The Hall–Kier alpha value is -1.93. The van der Waals surface area contributed by atoms with Crippen LogP contribution in [0.2, 0.25) is 0 Å². The Bertz CT molecular complexity index is 593. The van der Waals surface area contributed by atoms with E-state index < -0.39 is 0 Å². The van der Waals surface area contributed by atoms with E-state index in [-0.39, 0.29) is 11.6 Å². The molecule has 0 saturated heterocycles. The Labute approximate surface area is 107 Å². The number of rotatable bonds is 2. The first-order chi connectivity index (χ1) is 8.20. The zero-order valence-corrected chi connectivity index (χ0v) is 10.6. The van der Waals surface area contributed by atoms with Crippen LogP contribution in [0.3, 0.4) is 0 Å². The Morgan fingerprint density at radius 1 is 1.29 bits per heavy atom. The van der Waals surface area contributed by atoms with Gasteiger partial charge in [0, 0.05) is 12.4 Å². The summed E-state index contributed by atoms with van der Waals surface area (Å²) in [6.45, 7) is 1.98. The van der Waals surface area contributed by atoms with Crippen molar-refractivity contribution in [3.05, 3.63) is 46.3 Å². The van der Waals surface area contributed by atoms with Gasteiger partial charge >= 0.3 is 0 Å². The average Bonchev–Trinajstić information content (AvgIpc) is 2.33. The van der Waals surface area contributed by atoms with E-state index in [4.69, 9.17) is 10.00 Å². The largest absolute Gasteiger partial charge is 0.435 e. The molecule has 1 aromatic carbocycles. The minimum absolute atomic E-state index is 0.167. The first kappa shape index (κ1) is 11.6. The van der Waals surface area contributed by atoms with E-state index in [9.17, 15) is 0 Å². The molecule has 0 fully saturated rings. The molecule has 0 aliphatic rings. The van der Waals surface area contributed by atoms with E-state index in [0.29, 0.717) is 5.75 Å². The second kappa shape index (κ2) is 4.93. The van der Waals surface area contributed by atoms with Crippen LogP contribution in [0.15, 0.2) is 35.1 Å². The first-order valence-corrected chi connectivity index (χ1v) is 5.65. The molecule has 4 nitrogen and oxygen atoms in total. The molecule has 1 aromatic heterocycles. The lowest BCUT2D eigenvalue weighted by Gasteiger charge is -2.07. The lowest BCUT2D eigenvalue weighted by Crippen LogP contribution is -1.94. The van der Waals surface area contributed by atoms with Crippen molar-refractivity contribution in [2.75, 3.05) is 0 Å². The summed E-state index contributed by atoms with van der Waals surface area (Å²) in [4.78, 5) is 7.86. The van der Waals surface area contributed by atoms with Crippen LogP contribution < -0.4 is 4.74 Å². The van der Waals surface area contributed by atoms with Crippen molar-refractivity contribution in [2.24, 2.45) is 0 Å². The first-order valence-electron chi connectivity index (χ1n) is 4.86. The normalized spacial score (nSPS) is 9.71. The van der Waals surface area contributed by atoms with Crippen LogP contribution in [-0.4, -0.2) is 9.97 Å². The number of hydrogen-bond acceptors (Lipinski definition) is 4. The third-order valence-corrected chi connectivity index (χ3v) is 2.68. The summed E-state index contributed by atoms with van der Waals surface area (Å²) in [7, 11) is 0. The summed E-state index contributed by atoms with van der Waals surface area (Å²) in [5, 5.41) is 8.87. The lowest BCUT2D eigenvalue weighted by atomic mass is 10.2. The predicted octanol–water partition coefficient (Wildman–Crippen LogP) is 3.21. The number of hydrogen-bond donors (Lipinski definition) is 0. The standard InChI is InChI=1S/C12H8BrN3O/c1-8-2-3-11(9(13)6-8)17-12-10(7-14)15-4-5-16-12/h2-6H,1H3. The monoisotopic (exact) mass is 289 g/mol. The smallest absolute Gasteiger partial charge is 0.256 e. The molecule has 2 aromatic rings. The van der Waals surface area contributed by atoms with Gasteiger partial charge in [0.1, 0.15) is 11.8 Å². The van der Waals surface area contributed by atoms with Crippen LogP contribution in [0.25, 0.3) is 0 Å². The van der Waals surface area contributed by atoms with Gasteiger partial charge in [-0.05, 0) is 40.5 Å². The van der Waals surface area contributed by atoms with E-state index >= 15 is 0 Å². The van der Waals surface area contributed by atoms with Gasteiger partial charge in [-0.2, -0.15) is 5.26 Å². The number of nitrogens with zero attached hydrogens (tertiary/aromatic N) is 3. The fraction of sp³-hybridized carbons (Fsp3) is 0.0833. The second-order valence-corrected chi connectivity index (χ2v) is 4.21. The molecule has 1 heterocycles.